The molecule has 0 spiro atoms. The molecule has 0 bridgehead atoms. The number of furan rings is 1. The first-order valence-corrected chi connectivity index (χ1v) is 9.65. The molecule has 1 aliphatic rings. The highest BCUT2D eigenvalue weighted by Gasteiger charge is 2.38. The van der Waals surface area contributed by atoms with E-state index in [1.807, 2.05) is 42.3 Å². The van der Waals surface area contributed by atoms with Crippen LogP contribution in [0.5, 0.6) is 0 Å². The molecule has 0 radical (unpaired) electrons. The Hall–Kier alpha value is -2.29. The van der Waals surface area contributed by atoms with Gasteiger partial charge in [-0.05, 0) is 17.7 Å². The summed E-state index contributed by atoms with van der Waals surface area (Å²) in [5.74, 6) is 1.97. The molecule has 1 aromatic carbocycles. The lowest BCUT2D eigenvalue weighted by molar-refractivity contribution is -0.127. The van der Waals surface area contributed by atoms with Crippen LogP contribution in [-0.2, 0) is 11.2 Å². The Morgan fingerprint density at radius 3 is 2.76 bits per heavy atom. The average Bonchev–Trinajstić information content (AvgIpc) is 3.32. The number of guanidine groups is 1. The van der Waals surface area contributed by atoms with Crippen molar-refractivity contribution in [2.75, 3.05) is 26.7 Å². The zero-order valence-electron chi connectivity index (χ0n) is 16.7. The zero-order chi connectivity index (χ0) is 19.8. The maximum Gasteiger partial charge on any atom is 0.223 e. The van der Waals surface area contributed by atoms with E-state index in [1.165, 1.54) is 0 Å². The number of nitrogens with zero attached hydrogens (tertiary/aromatic N) is 2. The Kier molecular flexibility index (Phi) is 9.24. The fourth-order valence-corrected chi connectivity index (χ4v) is 3.57. The van der Waals surface area contributed by atoms with Gasteiger partial charge in [0, 0.05) is 45.4 Å². The number of nitrogens with one attached hydrogen (secondary N) is 2. The number of benzene rings is 1. The molecule has 6 nitrogen and oxygen atoms in total. The summed E-state index contributed by atoms with van der Waals surface area (Å²) < 4.78 is 5.36. The normalized spacial score (nSPS) is 19.0. The number of aliphatic imine (C=N–C) groups is 1. The molecule has 2 atom stereocenters. The first kappa shape index (κ1) is 23.0. The van der Waals surface area contributed by atoms with Crippen LogP contribution in [0.1, 0.15) is 23.8 Å². The van der Waals surface area contributed by atoms with Crippen LogP contribution in [0.15, 0.2) is 70.8 Å². The van der Waals surface area contributed by atoms with Crippen molar-refractivity contribution in [2.45, 2.75) is 18.9 Å². The van der Waals surface area contributed by atoms with Gasteiger partial charge in [-0.25, -0.2) is 0 Å². The summed E-state index contributed by atoms with van der Waals surface area (Å²) in [6.07, 6.45) is 4.76. The van der Waals surface area contributed by atoms with Crippen molar-refractivity contribution in [3.63, 3.8) is 0 Å². The lowest BCUT2D eigenvalue weighted by Gasteiger charge is -2.25. The minimum absolute atomic E-state index is 0. The lowest BCUT2D eigenvalue weighted by Crippen LogP contribution is -2.39. The Labute approximate surface area is 189 Å². The fraction of sp³-hybridized carbons (Fsp3) is 0.364. The van der Waals surface area contributed by atoms with Gasteiger partial charge in [0.25, 0.3) is 0 Å². The molecular formula is C22H29IN4O2. The number of carbonyl (C=O) groups excluding carboxylic acids is 1. The number of hydrogen-bond donors (Lipinski definition) is 2. The van der Waals surface area contributed by atoms with E-state index in [9.17, 15) is 4.79 Å². The van der Waals surface area contributed by atoms with E-state index in [1.54, 1.807) is 12.3 Å². The Bertz CT molecular complexity index is 792. The van der Waals surface area contributed by atoms with Crippen LogP contribution in [-0.4, -0.2) is 43.4 Å². The minimum atomic E-state index is 0. The number of amides is 1. The largest absolute Gasteiger partial charge is 0.469 e. The molecule has 0 saturated carbocycles. The maximum atomic E-state index is 12.3. The van der Waals surface area contributed by atoms with E-state index in [-0.39, 0.29) is 41.8 Å². The van der Waals surface area contributed by atoms with Gasteiger partial charge in [0.05, 0.1) is 12.3 Å². The van der Waals surface area contributed by atoms with Gasteiger partial charge in [-0.1, -0.05) is 36.4 Å². The second-order valence-electron chi connectivity index (χ2n) is 6.94. The van der Waals surface area contributed by atoms with Gasteiger partial charge in [0.2, 0.25) is 5.91 Å². The molecule has 2 aromatic rings. The van der Waals surface area contributed by atoms with E-state index in [0.29, 0.717) is 26.1 Å². The summed E-state index contributed by atoms with van der Waals surface area (Å²) in [6, 6.07) is 14.1. The second kappa shape index (κ2) is 11.6. The van der Waals surface area contributed by atoms with Gasteiger partial charge in [-0.2, -0.15) is 0 Å². The topological polar surface area (TPSA) is 69.9 Å². The summed E-state index contributed by atoms with van der Waals surface area (Å²) in [5.41, 5.74) is 1.16. The van der Waals surface area contributed by atoms with Crippen LogP contribution in [0, 0.1) is 5.92 Å². The van der Waals surface area contributed by atoms with Crippen LogP contribution < -0.4 is 10.6 Å². The summed E-state index contributed by atoms with van der Waals surface area (Å²) in [5, 5.41) is 6.57. The van der Waals surface area contributed by atoms with Crippen molar-refractivity contribution in [1.82, 2.24) is 15.5 Å². The molecule has 1 aromatic heterocycles. The van der Waals surface area contributed by atoms with Gasteiger partial charge in [-0.15, -0.1) is 30.6 Å². The van der Waals surface area contributed by atoms with E-state index in [0.717, 1.165) is 23.7 Å². The van der Waals surface area contributed by atoms with Gasteiger partial charge >= 0.3 is 0 Å². The number of halogens is 1. The van der Waals surface area contributed by atoms with Crippen molar-refractivity contribution < 1.29 is 9.21 Å². The average molecular weight is 508 g/mol. The highest BCUT2D eigenvalue weighted by molar-refractivity contribution is 14.0. The molecule has 3 rings (SSSR count). The molecule has 1 fully saturated rings. The summed E-state index contributed by atoms with van der Waals surface area (Å²) in [4.78, 5) is 18.9. The zero-order valence-corrected chi connectivity index (χ0v) is 19.0. The van der Waals surface area contributed by atoms with Crippen molar-refractivity contribution >= 4 is 35.8 Å². The Morgan fingerprint density at radius 1 is 1.28 bits per heavy atom. The van der Waals surface area contributed by atoms with Crippen LogP contribution in [0.3, 0.4) is 0 Å². The summed E-state index contributed by atoms with van der Waals surface area (Å²) in [6.45, 7) is 5.66. The number of rotatable bonds is 8. The fourth-order valence-electron chi connectivity index (χ4n) is 3.57. The van der Waals surface area contributed by atoms with Gasteiger partial charge in [-0.3, -0.25) is 9.79 Å². The predicted molar refractivity (Wildman–Crippen MR) is 126 cm³/mol. The van der Waals surface area contributed by atoms with Crippen molar-refractivity contribution in [3.05, 3.63) is 72.7 Å². The molecule has 0 aliphatic carbocycles. The molecular weight excluding hydrogens is 479 g/mol. The number of hydrogen-bond acceptors (Lipinski definition) is 3. The number of carbonyl (C=O) groups is 1. The van der Waals surface area contributed by atoms with E-state index in [4.69, 9.17) is 9.41 Å². The monoisotopic (exact) mass is 508 g/mol. The van der Waals surface area contributed by atoms with Crippen molar-refractivity contribution in [1.29, 1.82) is 0 Å². The first-order chi connectivity index (χ1) is 13.7. The molecule has 2 heterocycles. The SMILES string of the molecule is C=CCNC(=NCC1CC(=O)N(C)C1c1ccccc1)NCCc1ccco1.I. The van der Waals surface area contributed by atoms with Gasteiger partial charge in [0.1, 0.15) is 5.76 Å². The molecule has 1 aliphatic heterocycles. The predicted octanol–water partition coefficient (Wildman–Crippen LogP) is 3.38. The third-order valence-electron chi connectivity index (χ3n) is 4.98. The van der Waals surface area contributed by atoms with Crippen LogP contribution >= 0.6 is 24.0 Å². The molecule has 1 amide bonds. The summed E-state index contributed by atoms with van der Waals surface area (Å²) in [7, 11) is 1.88. The smallest absolute Gasteiger partial charge is 0.223 e. The second-order valence-corrected chi connectivity index (χ2v) is 6.94. The Balaban J connectivity index is 0.00000300. The van der Waals surface area contributed by atoms with Gasteiger partial charge in [0.15, 0.2) is 5.96 Å². The molecule has 7 heteroatoms. The van der Waals surface area contributed by atoms with Crippen LogP contribution in [0.2, 0.25) is 0 Å². The third-order valence-corrected chi connectivity index (χ3v) is 4.98. The molecule has 156 valence electrons. The maximum absolute atomic E-state index is 12.3. The van der Waals surface area contributed by atoms with Gasteiger partial charge < -0.3 is 20.0 Å². The molecule has 2 unspecified atom stereocenters. The Morgan fingerprint density at radius 2 is 2.07 bits per heavy atom. The molecule has 29 heavy (non-hydrogen) atoms. The van der Waals surface area contributed by atoms with Crippen molar-refractivity contribution in [3.8, 4) is 0 Å². The first-order valence-electron chi connectivity index (χ1n) is 9.65. The summed E-state index contributed by atoms with van der Waals surface area (Å²) >= 11 is 0. The van der Waals surface area contributed by atoms with E-state index in [2.05, 4.69) is 29.3 Å². The standard InChI is InChI=1S/C22H28N4O2.HI/c1-3-12-23-22(24-13-11-19-10-7-14-28-19)25-16-18-15-20(27)26(2)21(18)17-8-5-4-6-9-17;/h3-10,14,18,21H,1,11-13,15-16H2,2H3,(H2,23,24,25);1H. The minimum Gasteiger partial charge on any atom is -0.469 e. The van der Waals surface area contributed by atoms with E-state index < -0.39 is 0 Å². The quantitative estimate of drug-likeness (QED) is 0.248. The third kappa shape index (κ3) is 6.35. The number of likely N-dealkylation sites (tertiary alicyclic amines) is 1. The lowest BCUT2D eigenvalue weighted by atomic mass is 9.94. The highest BCUT2D eigenvalue weighted by Crippen LogP contribution is 2.36. The van der Waals surface area contributed by atoms with Crippen LogP contribution in [0.25, 0.3) is 0 Å². The molecule has 1 saturated heterocycles. The van der Waals surface area contributed by atoms with Crippen molar-refractivity contribution in [2.24, 2.45) is 10.9 Å². The van der Waals surface area contributed by atoms with E-state index >= 15 is 0 Å². The highest BCUT2D eigenvalue weighted by atomic mass is 127. The molecule has 2 N–H and O–H groups in total. The van der Waals surface area contributed by atoms with Crippen LogP contribution in [0.4, 0.5) is 0 Å².